The quantitative estimate of drug-likeness (QED) is 0.766. The summed E-state index contributed by atoms with van der Waals surface area (Å²) in [5.41, 5.74) is 0.982. The molecule has 70 valence electrons. The van der Waals surface area contributed by atoms with Crippen molar-refractivity contribution >= 4 is 11.5 Å². The Bertz CT molecular complexity index is 444. The van der Waals surface area contributed by atoms with Gasteiger partial charge < -0.3 is 5.11 Å². The molecule has 0 fully saturated rings. The molecular formula is C10H8N2O2. The number of hydrogen-bond donors (Lipinski definition) is 1. The first kappa shape index (κ1) is 9.93. The molecule has 1 heterocycles. The van der Waals surface area contributed by atoms with Crippen LogP contribution >= 0.6 is 0 Å². The number of aromatic nitrogens is 1. The molecule has 0 aromatic carbocycles. The molecule has 0 aliphatic rings. The van der Waals surface area contributed by atoms with Crippen molar-refractivity contribution in [1.29, 1.82) is 5.26 Å². The zero-order chi connectivity index (χ0) is 10.7. The number of nitriles is 1. The highest BCUT2D eigenvalue weighted by atomic mass is 16.4. The molecule has 1 rings (SSSR count). The summed E-state index contributed by atoms with van der Waals surface area (Å²) in [4.78, 5) is 14.5. The number of pyridine rings is 1. The van der Waals surface area contributed by atoms with Crippen LogP contribution in [-0.4, -0.2) is 16.1 Å². The maximum Gasteiger partial charge on any atom is 0.355 e. The number of hydrogen-bond acceptors (Lipinski definition) is 3. The third kappa shape index (κ3) is 1.62. The first-order chi connectivity index (χ1) is 6.57. The van der Waals surface area contributed by atoms with E-state index in [9.17, 15) is 4.79 Å². The fraction of sp³-hybridized carbons (Fsp3) is 0.100. The summed E-state index contributed by atoms with van der Waals surface area (Å²) in [7, 11) is 0. The average Bonchev–Trinajstić information content (AvgIpc) is 2.16. The Labute approximate surface area is 81.1 Å². The Morgan fingerprint density at radius 3 is 2.79 bits per heavy atom. The lowest BCUT2D eigenvalue weighted by Crippen LogP contribution is -2.06. The molecule has 0 unspecified atom stereocenters. The lowest BCUT2D eigenvalue weighted by atomic mass is 10.0. The number of nitrogens with zero attached hydrogens (tertiary/aromatic N) is 2. The van der Waals surface area contributed by atoms with Crippen molar-refractivity contribution in [3.63, 3.8) is 0 Å². The summed E-state index contributed by atoms with van der Waals surface area (Å²) < 4.78 is 0. The van der Waals surface area contributed by atoms with Crippen molar-refractivity contribution in [2.24, 2.45) is 0 Å². The molecule has 0 saturated heterocycles. The second kappa shape index (κ2) is 3.71. The monoisotopic (exact) mass is 188 g/mol. The number of rotatable bonds is 2. The lowest BCUT2D eigenvalue weighted by Gasteiger charge is -2.05. The maximum atomic E-state index is 10.8. The van der Waals surface area contributed by atoms with Crippen LogP contribution in [0.1, 0.15) is 28.5 Å². The van der Waals surface area contributed by atoms with Gasteiger partial charge in [0.15, 0.2) is 5.69 Å². The van der Waals surface area contributed by atoms with E-state index in [-0.39, 0.29) is 11.3 Å². The van der Waals surface area contributed by atoms with Gasteiger partial charge in [0.2, 0.25) is 0 Å². The van der Waals surface area contributed by atoms with Gasteiger partial charge in [-0.1, -0.05) is 6.58 Å². The molecule has 0 amide bonds. The van der Waals surface area contributed by atoms with Crippen LogP contribution in [0.15, 0.2) is 18.8 Å². The van der Waals surface area contributed by atoms with Crippen LogP contribution < -0.4 is 0 Å². The molecule has 4 nitrogen and oxygen atoms in total. The Balaban J connectivity index is 3.53. The minimum absolute atomic E-state index is 0.128. The number of carbonyl (C=O) groups is 1. The van der Waals surface area contributed by atoms with Crippen molar-refractivity contribution in [3.8, 4) is 6.07 Å². The zero-order valence-electron chi connectivity index (χ0n) is 7.61. The molecular weight excluding hydrogens is 180 g/mol. The third-order valence-electron chi connectivity index (χ3n) is 1.70. The molecule has 0 aliphatic carbocycles. The number of allylic oxidation sites excluding steroid dienone is 1. The van der Waals surface area contributed by atoms with Gasteiger partial charge in [0, 0.05) is 11.8 Å². The molecule has 0 saturated carbocycles. The predicted octanol–water partition coefficient (Wildman–Crippen LogP) is 1.68. The molecule has 0 radical (unpaired) electrons. The van der Waals surface area contributed by atoms with Crippen molar-refractivity contribution in [3.05, 3.63) is 35.7 Å². The number of aromatic carboxylic acids is 1. The van der Waals surface area contributed by atoms with E-state index in [0.29, 0.717) is 11.1 Å². The molecule has 0 atom stereocenters. The molecule has 1 N–H and O–H groups in total. The van der Waals surface area contributed by atoms with Gasteiger partial charge in [0.25, 0.3) is 0 Å². The Kier molecular flexibility index (Phi) is 2.63. The van der Waals surface area contributed by atoms with Crippen LogP contribution in [0, 0.1) is 11.3 Å². The van der Waals surface area contributed by atoms with Crippen LogP contribution in [0.25, 0.3) is 5.57 Å². The highest BCUT2D eigenvalue weighted by molar-refractivity contribution is 5.92. The van der Waals surface area contributed by atoms with E-state index in [0.717, 1.165) is 0 Å². The van der Waals surface area contributed by atoms with E-state index in [1.54, 1.807) is 6.92 Å². The SMILES string of the molecule is C=C(C)c1c(C#N)ccnc1C(=O)O. The standard InChI is InChI=1S/C10H8N2O2/c1-6(2)8-7(5-11)3-4-12-9(8)10(13)14/h3-4H,1H2,2H3,(H,13,14). The molecule has 0 spiro atoms. The summed E-state index contributed by atoms with van der Waals surface area (Å²) in [6, 6.07) is 3.38. The lowest BCUT2D eigenvalue weighted by molar-refractivity contribution is 0.0690. The molecule has 14 heavy (non-hydrogen) atoms. The van der Waals surface area contributed by atoms with Gasteiger partial charge in [0.05, 0.1) is 11.6 Å². The van der Waals surface area contributed by atoms with E-state index in [4.69, 9.17) is 10.4 Å². The fourth-order valence-electron chi connectivity index (χ4n) is 1.15. The molecule has 0 bridgehead atoms. The summed E-state index contributed by atoms with van der Waals surface area (Å²) in [6.45, 7) is 5.27. The summed E-state index contributed by atoms with van der Waals surface area (Å²) in [5.74, 6) is -1.15. The van der Waals surface area contributed by atoms with Crippen molar-refractivity contribution in [2.75, 3.05) is 0 Å². The van der Waals surface area contributed by atoms with Crippen LogP contribution in [0.2, 0.25) is 0 Å². The average molecular weight is 188 g/mol. The summed E-state index contributed by atoms with van der Waals surface area (Å²) in [6.07, 6.45) is 1.30. The Morgan fingerprint density at radius 2 is 2.36 bits per heavy atom. The van der Waals surface area contributed by atoms with Crippen LogP contribution in [0.3, 0.4) is 0 Å². The second-order valence-corrected chi connectivity index (χ2v) is 2.78. The Hall–Kier alpha value is -2.15. The topological polar surface area (TPSA) is 74.0 Å². The van der Waals surface area contributed by atoms with Crippen LogP contribution in [0.4, 0.5) is 0 Å². The van der Waals surface area contributed by atoms with Crippen LogP contribution in [0.5, 0.6) is 0 Å². The molecule has 1 aromatic heterocycles. The normalized spacial score (nSPS) is 9.14. The van der Waals surface area contributed by atoms with Crippen molar-refractivity contribution in [1.82, 2.24) is 4.98 Å². The van der Waals surface area contributed by atoms with Gasteiger partial charge in [-0.15, -0.1) is 0 Å². The van der Waals surface area contributed by atoms with Crippen molar-refractivity contribution in [2.45, 2.75) is 6.92 Å². The van der Waals surface area contributed by atoms with Gasteiger partial charge in [-0.3, -0.25) is 0 Å². The second-order valence-electron chi connectivity index (χ2n) is 2.78. The number of carboxylic acid groups (broad SMARTS) is 1. The minimum atomic E-state index is -1.15. The number of carboxylic acids is 1. The predicted molar refractivity (Wildman–Crippen MR) is 50.6 cm³/mol. The highest BCUT2D eigenvalue weighted by Crippen LogP contribution is 2.19. The fourth-order valence-corrected chi connectivity index (χ4v) is 1.15. The summed E-state index contributed by atoms with van der Waals surface area (Å²) >= 11 is 0. The van der Waals surface area contributed by atoms with Crippen LogP contribution in [-0.2, 0) is 0 Å². The van der Waals surface area contributed by atoms with E-state index >= 15 is 0 Å². The molecule has 4 heteroatoms. The largest absolute Gasteiger partial charge is 0.476 e. The summed E-state index contributed by atoms with van der Waals surface area (Å²) in [5, 5.41) is 17.6. The minimum Gasteiger partial charge on any atom is -0.476 e. The van der Waals surface area contributed by atoms with Gasteiger partial charge in [-0.25, -0.2) is 9.78 Å². The van der Waals surface area contributed by atoms with Gasteiger partial charge in [-0.05, 0) is 18.6 Å². The highest BCUT2D eigenvalue weighted by Gasteiger charge is 2.15. The first-order valence-corrected chi connectivity index (χ1v) is 3.86. The van der Waals surface area contributed by atoms with E-state index < -0.39 is 5.97 Å². The zero-order valence-corrected chi connectivity index (χ0v) is 7.61. The van der Waals surface area contributed by atoms with Gasteiger partial charge >= 0.3 is 5.97 Å². The van der Waals surface area contributed by atoms with E-state index in [1.165, 1.54) is 12.3 Å². The van der Waals surface area contributed by atoms with Crippen molar-refractivity contribution < 1.29 is 9.90 Å². The van der Waals surface area contributed by atoms with E-state index in [1.807, 2.05) is 6.07 Å². The van der Waals surface area contributed by atoms with E-state index in [2.05, 4.69) is 11.6 Å². The smallest absolute Gasteiger partial charge is 0.355 e. The van der Waals surface area contributed by atoms with Gasteiger partial charge in [-0.2, -0.15) is 5.26 Å². The molecule has 0 aliphatic heterocycles. The molecule has 1 aromatic rings. The third-order valence-corrected chi connectivity index (χ3v) is 1.70. The van der Waals surface area contributed by atoms with Gasteiger partial charge in [0.1, 0.15) is 0 Å². The maximum absolute atomic E-state index is 10.8. The first-order valence-electron chi connectivity index (χ1n) is 3.86. The Morgan fingerprint density at radius 1 is 1.71 bits per heavy atom.